The monoisotopic (exact) mass is 308 g/mol. The molecule has 0 amide bonds. The van der Waals surface area contributed by atoms with E-state index in [0.717, 1.165) is 18.7 Å². The molecule has 114 valence electrons. The maximum atomic E-state index is 5.74. The van der Waals surface area contributed by atoms with E-state index in [2.05, 4.69) is 37.1 Å². The molecule has 2 heterocycles. The molecule has 0 aliphatic rings. The van der Waals surface area contributed by atoms with Gasteiger partial charge in [-0.2, -0.15) is 15.0 Å². The third kappa shape index (κ3) is 4.03. The minimum atomic E-state index is -0.0146. The number of aromatic nitrogens is 6. The van der Waals surface area contributed by atoms with Crippen LogP contribution in [0.15, 0.2) is 5.16 Å². The smallest absolute Gasteiger partial charge is 0.229 e. The SMILES string of the molecule is CCCc1nc(S[C@H](C)c2nc(N)nc(N(C)C)n2)n[nH]1. The predicted molar refractivity (Wildman–Crippen MR) is 83.2 cm³/mol. The summed E-state index contributed by atoms with van der Waals surface area (Å²) < 4.78 is 0. The fraction of sp³-hybridized carbons (Fsp3) is 0.583. The summed E-state index contributed by atoms with van der Waals surface area (Å²) in [4.78, 5) is 18.9. The Labute approximate surface area is 128 Å². The molecular formula is C12H20N8S. The molecule has 3 N–H and O–H groups in total. The normalized spacial score (nSPS) is 12.4. The Hall–Kier alpha value is -1.90. The Morgan fingerprint density at radius 3 is 2.67 bits per heavy atom. The second-order valence-electron chi connectivity index (χ2n) is 4.82. The van der Waals surface area contributed by atoms with Crippen molar-refractivity contribution < 1.29 is 0 Å². The standard InChI is InChI=1S/C12H20N8S/c1-5-6-8-14-12(19-18-8)21-7(2)9-15-10(13)17-11(16-9)20(3)4/h7H,5-6H2,1-4H3,(H,14,18,19)(H2,13,15,16,17)/t7-/m1/s1. The highest BCUT2D eigenvalue weighted by Gasteiger charge is 2.16. The lowest BCUT2D eigenvalue weighted by atomic mass is 10.3. The predicted octanol–water partition coefficient (Wildman–Crippen LogP) is 1.44. The number of nitrogens with zero attached hydrogens (tertiary/aromatic N) is 6. The number of hydrogen-bond acceptors (Lipinski definition) is 8. The first-order valence-electron chi connectivity index (χ1n) is 6.76. The van der Waals surface area contributed by atoms with Gasteiger partial charge in [-0.25, -0.2) is 4.98 Å². The van der Waals surface area contributed by atoms with Crippen LogP contribution in [0.25, 0.3) is 0 Å². The maximum absolute atomic E-state index is 5.74. The van der Waals surface area contributed by atoms with E-state index in [1.807, 2.05) is 21.0 Å². The van der Waals surface area contributed by atoms with Crippen molar-refractivity contribution in [3.05, 3.63) is 11.6 Å². The van der Waals surface area contributed by atoms with Gasteiger partial charge in [0.25, 0.3) is 0 Å². The highest BCUT2D eigenvalue weighted by Crippen LogP contribution is 2.31. The number of rotatable bonds is 6. The van der Waals surface area contributed by atoms with E-state index in [4.69, 9.17) is 5.73 Å². The minimum absolute atomic E-state index is 0.0146. The lowest BCUT2D eigenvalue weighted by Gasteiger charge is -2.13. The van der Waals surface area contributed by atoms with Crippen LogP contribution in [-0.2, 0) is 6.42 Å². The Bertz CT molecular complexity index is 597. The summed E-state index contributed by atoms with van der Waals surface area (Å²) >= 11 is 1.49. The van der Waals surface area contributed by atoms with Crippen molar-refractivity contribution in [1.29, 1.82) is 0 Å². The van der Waals surface area contributed by atoms with Crippen LogP contribution in [0, 0.1) is 0 Å². The summed E-state index contributed by atoms with van der Waals surface area (Å²) in [6, 6.07) is 0. The van der Waals surface area contributed by atoms with Crippen molar-refractivity contribution in [2.45, 2.75) is 37.1 Å². The minimum Gasteiger partial charge on any atom is -0.368 e. The number of anilines is 2. The number of nitrogens with one attached hydrogen (secondary N) is 1. The number of hydrogen-bond donors (Lipinski definition) is 2. The molecule has 0 saturated heterocycles. The van der Waals surface area contributed by atoms with E-state index in [0.29, 0.717) is 16.9 Å². The fourth-order valence-corrected chi connectivity index (χ4v) is 2.46. The zero-order valence-corrected chi connectivity index (χ0v) is 13.5. The van der Waals surface area contributed by atoms with E-state index in [1.165, 1.54) is 11.8 Å². The second kappa shape index (κ2) is 6.70. The van der Waals surface area contributed by atoms with Gasteiger partial charge in [0.05, 0.1) is 5.25 Å². The number of nitrogen functional groups attached to an aromatic ring is 1. The Balaban J connectivity index is 2.13. The van der Waals surface area contributed by atoms with Gasteiger partial charge in [0.1, 0.15) is 11.6 Å². The van der Waals surface area contributed by atoms with Gasteiger partial charge in [0, 0.05) is 20.5 Å². The first kappa shape index (κ1) is 15.5. The topological polar surface area (TPSA) is 110 Å². The van der Waals surface area contributed by atoms with Crippen molar-refractivity contribution >= 4 is 23.7 Å². The van der Waals surface area contributed by atoms with Crippen LogP contribution in [0.1, 0.15) is 37.2 Å². The molecule has 0 aromatic carbocycles. The summed E-state index contributed by atoms with van der Waals surface area (Å²) in [5.74, 6) is 2.29. The largest absolute Gasteiger partial charge is 0.368 e. The zero-order valence-electron chi connectivity index (χ0n) is 12.7. The van der Waals surface area contributed by atoms with Gasteiger partial charge in [-0.3, -0.25) is 5.10 Å². The summed E-state index contributed by atoms with van der Waals surface area (Å²) in [7, 11) is 3.73. The molecule has 2 aromatic rings. The van der Waals surface area contributed by atoms with Gasteiger partial charge in [-0.1, -0.05) is 18.7 Å². The van der Waals surface area contributed by atoms with Crippen LogP contribution < -0.4 is 10.6 Å². The van der Waals surface area contributed by atoms with Gasteiger partial charge < -0.3 is 10.6 Å². The Morgan fingerprint density at radius 2 is 2.00 bits per heavy atom. The van der Waals surface area contributed by atoms with Gasteiger partial charge in [-0.15, -0.1) is 5.10 Å². The van der Waals surface area contributed by atoms with E-state index in [-0.39, 0.29) is 11.2 Å². The van der Waals surface area contributed by atoms with Crippen molar-refractivity contribution in [1.82, 2.24) is 30.1 Å². The molecule has 1 atom stereocenters. The van der Waals surface area contributed by atoms with Crippen LogP contribution >= 0.6 is 11.8 Å². The number of aromatic amines is 1. The molecule has 0 bridgehead atoms. The molecule has 0 unspecified atom stereocenters. The van der Waals surface area contributed by atoms with Crippen molar-refractivity contribution in [2.24, 2.45) is 0 Å². The Kier molecular flexibility index (Phi) is 4.94. The molecule has 9 heteroatoms. The molecule has 2 rings (SSSR count). The molecule has 2 aromatic heterocycles. The molecule has 0 saturated carbocycles. The number of thioether (sulfide) groups is 1. The van der Waals surface area contributed by atoms with Crippen LogP contribution in [-0.4, -0.2) is 44.2 Å². The highest BCUT2D eigenvalue weighted by atomic mass is 32.2. The lowest BCUT2D eigenvalue weighted by Crippen LogP contribution is -2.16. The molecule has 0 spiro atoms. The molecule has 0 aliphatic carbocycles. The average molecular weight is 308 g/mol. The zero-order chi connectivity index (χ0) is 15.4. The van der Waals surface area contributed by atoms with Gasteiger partial charge in [-0.05, 0) is 13.3 Å². The molecule has 0 radical (unpaired) electrons. The summed E-state index contributed by atoms with van der Waals surface area (Å²) in [6.07, 6.45) is 1.93. The number of nitrogens with two attached hydrogens (primary N) is 1. The number of H-pyrrole nitrogens is 1. The Morgan fingerprint density at radius 1 is 1.24 bits per heavy atom. The molecule has 0 aliphatic heterocycles. The van der Waals surface area contributed by atoms with Crippen molar-refractivity contribution in [3.8, 4) is 0 Å². The number of aryl methyl sites for hydroxylation is 1. The summed E-state index contributed by atoms with van der Waals surface area (Å²) in [5, 5.41) is 7.81. The first-order valence-corrected chi connectivity index (χ1v) is 7.64. The van der Waals surface area contributed by atoms with E-state index < -0.39 is 0 Å². The summed E-state index contributed by atoms with van der Waals surface area (Å²) in [6.45, 7) is 4.10. The molecule has 8 nitrogen and oxygen atoms in total. The van der Waals surface area contributed by atoms with Crippen LogP contribution in [0.5, 0.6) is 0 Å². The van der Waals surface area contributed by atoms with Gasteiger partial charge in [0.2, 0.25) is 17.1 Å². The van der Waals surface area contributed by atoms with E-state index in [9.17, 15) is 0 Å². The van der Waals surface area contributed by atoms with Crippen LogP contribution in [0.3, 0.4) is 0 Å². The quantitative estimate of drug-likeness (QED) is 0.771. The van der Waals surface area contributed by atoms with Crippen LogP contribution in [0.4, 0.5) is 11.9 Å². The lowest BCUT2D eigenvalue weighted by molar-refractivity contribution is 0.840. The third-order valence-electron chi connectivity index (χ3n) is 2.70. The molecule has 21 heavy (non-hydrogen) atoms. The van der Waals surface area contributed by atoms with Crippen molar-refractivity contribution in [3.63, 3.8) is 0 Å². The third-order valence-corrected chi connectivity index (χ3v) is 3.66. The maximum Gasteiger partial charge on any atom is 0.229 e. The van der Waals surface area contributed by atoms with Gasteiger partial charge >= 0.3 is 0 Å². The molecular weight excluding hydrogens is 288 g/mol. The average Bonchev–Trinajstić information content (AvgIpc) is 2.85. The second-order valence-corrected chi connectivity index (χ2v) is 6.13. The van der Waals surface area contributed by atoms with Crippen LogP contribution in [0.2, 0.25) is 0 Å². The van der Waals surface area contributed by atoms with E-state index in [1.54, 1.807) is 4.90 Å². The van der Waals surface area contributed by atoms with Crippen molar-refractivity contribution in [2.75, 3.05) is 24.7 Å². The fourth-order valence-electron chi connectivity index (χ4n) is 1.67. The molecule has 0 fully saturated rings. The van der Waals surface area contributed by atoms with E-state index >= 15 is 0 Å². The van der Waals surface area contributed by atoms with Gasteiger partial charge in [0.15, 0.2) is 0 Å². The first-order chi connectivity index (χ1) is 9.99. The summed E-state index contributed by atoms with van der Waals surface area (Å²) in [5.41, 5.74) is 5.74. The highest BCUT2D eigenvalue weighted by molar-refractivity contribution is 7.99.